The van der Waals surface area contributed by atoms with Gasteiger partial charge in [-0.25, -0.2) is 18.2 Å². The van der Waals surface area contributed by atoms with Gasteiger partial charge in [-0.2, -0.15) is 18.3 Å². The van der Waals surface area contributed by atoms with Gasteiger partial charge in [0.15, 0.2) is 23.1 Å². The molecule has 0 aliphatic carbocycles. The molecule has 0 atom stereocenters. The Morgan fingerprint density at radius 2 is 1.79 bits per heavy atom. The van der Waals surface area contributed by atoms with Crippen LogP contribution in [0.3, 0.4) is 0 Å². The van der Waals surface area contributed by atoms with Crippen LogP contribution in [0, 0.1) is 17.5 Å². The Hall–Kier alpha value is -3.83. The smallest absolute Gasteiger partial charge is 0.331 e. The quantitative estimate of drug-likeness (QED) is 0.317. The van der Waals surface area contributed by atoms with E-state index in [9.17, 15) is 31.1 Å². The molecule has 0 spiro atoms. The molecular weight excluding hydrogens is 464 g/mol. The summed E-state index contributed by atoms with van der Waals surface area (Å²) in [6, 6.07) is 6.07. The molecule has 4 heterocycles. The number of aryl methyl sites for hydroxylation is 1. The second-order valence-electron chi connectivity index (χ2n) is 7.86. The van der Waals surface area contributed by atoms with Crippen LogP contribution in [0.15, 0.2) is 36.5 Å². The van der Waals surface area contributed by atoms with Crippen molar-refractivity contribution in [1.29, 1.82) is 0 Å². The van der Waals surface area contributed by atoms with E-state index in [2.05, 4.69) is 10.1 Å². The number of nitrogens with zero attached hydrogens (tertiary/aromatic N) is 5. The number of benzene rings is 1. The van der Waals surface area contributed by atoms with Crippen molar-refractivity contribution in [3.05, 3.63) is 76.6 Å². The van der Waals surface area contributed by atoms with Gasteiger partial charge in [0.05, 0.1) is 17.9 Å². The van der Waals surface area contributed by atoms with Crippen molar-refractivity contribution < 1.29 is 31.1 Å². The first-order chi connectivity index (χ1) is 16.1. The monoisotopic (exact) mass is 479 g/mol. The average Bonchev–Trinajstić information content (AvgIpc) is 3.33. The average molecular weight is 479 g/mol. The summed E-state index contributed by atoms with van der Waals surface area (Å²) in [5.74, 6) is -5.18. The van der Waals surface area contributed by atoms with E-state index in [-0.39, 0.29) is 30.7 Å². The van der Waals surface area contributed by atoms with Crippen LogP contribution >= 0.6 is 0 Å². The third kappa shape index (κ3) is 3.40. The second-order valence-corrected chi connectivity index (χ2v) is 7.86. The van der Waals surface area contributed by atoms with Crippen molar-refractivity contribution in [3.8, 4) is 11.3 Å². The van der Waals surface area contributed by atoms with Gasteiger partial charge in [-0.05, 0) is 30.7 Å². The zero-order valence-electron chi connectivity index (χ0n) is 17.5. The van der Waals surface area contributed by atoms with Crippen LogP contribution in [0.4, 0.5) is 26.3 Å². The van der Waals surface area contributed by atoms with E-state index in [1.165, 1.54) is 41.0 Å². The van der Waals surface area contributed by atoms with Gasteiger partial charge in [-0.3, -0.25) is 13.9 Å². The zero-order valence-corrected chi connectivity index (χ0v) is 17.5. The topological polar surface area (TPSA) is 55.4 Å². The number of halogens is 6. The fraction of sp³-hybridized carbons (Fsp3) is 0.227. The standard InChI is InChI=1S/C22H15F6N5O/c1-31-18(11-8-13(23)17(25)14(24)9-11)12-5-7-32(10-15(12)30-31)21(34)19-20(22(26,27)28)29-16-4-2-3-6-33(16)19/h2-4,6,8-9H,5,7,10H2,1H3. The highest BCUT2D eigenvalue weighted by atomic mass is 19.4. The Labute approximate surface area is 188 Å². The Balaban J connectivity index is 1.53. The largest absolute Gasteiger partial charge is 0.435 e. The molecule has 1 amide bonds. The molecule has 0 radical (unpaired) electrons. The SMILES string of the molecule is Cn1nc2c(c1-c1cc(F)c(F)c(F)c1)CCN(C(=O)c1c(C(F)(F)F)nc3ccccn13)C2. The van der Waals surface area contributed by atoms with Crippen LogP contribution in [0.25, 0.3) is 16.9 Å². The summed E-state index contributed by atoms with van der Waals surface area (Å²) < 4.78 is 84.3. The predicted molar refractivity (Wildman–Crippen MR) is 107 cm³/mol. The maximum Gasteiger partial charge on any atom is 0.435 e. The fourth-order valence-electron chi connectivity index (χ4n) is 4.29. The number of pyridine rings is 1. The van der Waals surface area contributed by atoms with Gasteiger partial charge < -0.3 is 4.90 Å². The van der Waals surface area contributed by atoms with E-state index < -0.39 is 40.9 Å². The molecule has 0 N–H and O–H groups in total. The van der Waals surface area contributed by atoms with Crippen LogP contribution in [-0.4, -0.2) is 36.5 Å². The summed E-state index contributed by atoms with van der Waals surface area (Å²) in [5, 5.41) is 4.30. The number of imidazole rings is 1. The van der Waals surface area contributed by atoms with Crippen LogP contribution in [0.5, 0.6) is 0 Å². The minimum absolute atomic E-state index is 0.0173. The summed E-state index contributed by atoms with van der Waals surface area (Å²) in [7, 11) is 1.52. The lowest BCUT2D eigenvalue weighted by atomic mass is 9.99. The van der Waals surface area contributed by atoms with Crippen LogP contribution < -0.4 is 0 Å². The van der Waals surface area contributed by atoms with Crippen molar-refractivity contribution >= 4 is 11.6 Å². The molecule has 176 valence electrons. The zero-order chi connectivity index (χ0) is 24.4. The number of amides is 1. The number of carbonyl (C=O) groups is 1. The van der Waals surface area contributed by atoms with Gasteiger partial charge in [-0.15, -0.1) is 0 Å². The summed E-state index contributed by atoms with van der Waals surface area (Å²) in [4.78, 5) is 18.0. The first-order valence-corrected chi connectivity index (χ1v) is 10.1. The van der Waals surface area contributed by atoms with Gasteiger partial charge in [0.25, 0.3) is 5.91 Å². The number of rotatable bonds is 2. The van der Waals surface area contributed by atoms with E-state index in [0.717, 1.165) is 16.5 Å². The second kappa shape index (κ2) is 7.61. The van der Waals surface area contributed by atoms with Crippen molar-refractivity contribution in [2.45, 2.75) is 19.1 Å². The predicted octanol–water partition coefficient (Wildman–Crippen LogP) is 4.37. The van der Waals surface area contributed by atoms with Crippen LogP contribution in [0.2, 0.25) is 0 Å². The molecule has 3 aromatic heterocycles. The molecule has 34 heavy (non-hydrogen) atoms. The van der Waals surface area contributed by atoms with Gasteiger partial charge in [0.2, 0.25) is 0 Å². The molecule has 0 bridgehead atoms. The Kier molecular flexibility index (Phi) is 4.92. The van der Waals surface area contributed by atoms with E-state index in [1.54, 1.807) is 0 Å². The van der Waals surface area contributed by atoms with E-state index in [0.29, 0.717) is 17.0 Å². The fourth-order valence-corrected chi connectivity index (χ4v) is 4.29. The summed E-state index contributed by atoms with van der Waals surface area (Å²) in [6.07, 6.45) is -3.34. The summed E-state index contributed by atoms with van der Waals surface area (Å²) in [6.45, 7) is -0.0838. The maximum absolute atomic E-state index is 13.8. The molecule has 1 aromatic carbocycles. The van der Waals surface area contributed by atoms with E-state index in [4.69, 9.17) is 0 Å². The van der Waals surface area contributed by atoms with E-state index >= 15 is 0 Å². The molecule has 4 aromatic rings. The molecule has 5 rings (SSSR count). The lowest BCUT2D eigenvalue weighted by Gasteiger charge is -2.27. The van der Waals surface area contributed by atoms with E-state index in [1.807, 2.05) is 0 Å². The van der Waals surface area contributed by atoms with Crippen LogP contribution in [0.1, 0.15) is 27.4 Å². The number of alkyl halides is 3. The van der Waals surface area contributed by atoms with Crippen LogP contribution in [-0.2, 0) is 26.2 Å². The van der Waals surface area contributed by atoms with Crippen molar-refractivity contribution in [2.75, 3.05) is 6.54 Å². The highest BCUT2D eigenvalue weighted by Crippen LogP contribution is 2.35. The molecule has 12 heteroatoms. The minimum Gasteiger partial charge on any atom is -0.331 e. The first kappa shape index (κ1) is 22.0. The normalized spacial score (nSPS) is 14.0. The maximum atomic E-state index is 13.8. The first-order valence-electron chi connectivity index (χ1n) is 10.1. The number of hydrogen-bond acceptors (Lipinski definition) is 3. The van der Waals surface area contributed by atoms with Gasteiger partial charge >= 0.3 is 6.18 Å². The molecule has 1 aliphatic heterocycles. The molecular formula is C22H15F6N5O. The number of hydrogen-bond donors (Lipinski definition) is 0. The molecule has 0 unspecified atom stereocenters. The van der Waals surface area contributed by atoms with Crippen molar-refractivity contribution in [2.24, 2.45) is 7.05 Å². The summed E-state index contributed by atoms with van der Waals surface area (Å²) >= 11 is 0. The van der Waals surface area contributed by atoms with Gasteiger partial charge in [0.1, 0.15) is 11.3 Å². The molecule has 6 nitrogen and oxygen atoms in total. The highest BCUT2D eigenvalue weighted by molar-refractivity contribution is 5.95. The number of aromatic nitrogens is 4. The Morgan fingerprint density at radius 3 is 2.47 bits per heavy atom. The lowest BCUT2D eigenvalue weighted by Crippen LogP contribution is -2.37. The number of fused-ring (bicyclic) bond motifs is 2. The lowest BCUT2D eigenvalue weighted by molar-refractivity contribution is -0.141. The minimum atomic E-state index is -4.84. The number of carbonyl (C=O) groups excluding carboxylic acids is 1. The van der Waals surface area contributed by atoms with Gasteiger partial charge in [0, 0.05) is 30.9 Å². The molecule has 1 aliphatic rings. The molecule has 0 saturated carbocycles. The molecule has 0 saturated heterocycles. The molecule has 0 fully saturated rings. The third-order valence-electron chi connectivity index (χ3n) is 5.75. The third-order valence-corrected chi connectivity index (χ3v) is 5.75. The summed E-state index contributed by atoms with van der Waals surface area (Å²) in [5.41, 5.74) is -0.565. The Morgan fingerprint density at radius 1 is 1.09 bits per heavy atom. The highest BCUT2D eigenvalue weighted by Gasteiger charge is 2.41. The van der Waals surface area contributed by atoms with Crippen molar-refractivity contribution in [1.82, 2.24) is 24.1 Å². The van der Waals surface area contributed by atoms with Gasteiger partial charge in [-0.1, -0.05) is 6.07 Å². The van der Waals surface area contributed by atoms with Crippen molar-refractivity contribution in [3.63, 3.8) is 0 Å². The Bertz CT molecular complexity index is 1430.